The van der Waals surface area contributed by atoms with Gasteiger partial charge >= 0.3 is 0 Å². The van der Waals surface area contributed by atoms with Crippen molar-refractivity contribution in [3.05, 3.63) is 21.7 Å². The van der Waals surface area contributed by atoms with Crippen LogP contribution >= 0.6 is 23.2 Å². The van der Waals surface area contributed by atoms with E-state index in [1.165, 1.54) is 13.0 Å². The first-order valence-electron chi connectivity index (χ1n) is 5.99. The Bertz CT molecular complexity index is 630. The second kappa shape index (κ2) is 6.76. The Morgan fingerprint density at radius 1 is 1.40 bits per heavy atom. The molecule has 0 spiro atoms. The Kier molecular flexibility index (Phi) is 5.82. The molecular weight excluding hydrogens is 323 g/mol. The number of carbonyl (C=O) groups is 1. The minimum Gasteiger partial charge on any atom is -0.324 e. The van der Waals surface area contributed by atoms with Gasteiger partial charge in [-0.25, -0.2) is 13.6 Å². The van der Waals surface area contributed by atoms with Crippen molar-refractivity contribution in [2.45, 2.75) is 38.0 Å². The third-order valence-corrected chi connectivity index (χ3v) is 4.55. The predicted octanol–water partition coefficient (Wildman–Crippen LogP) is 3.08. The number of anilines is 1. The van der Waals surface area contributed by atoms with Crippen LogP contribution in [0.5, 0.6) is 0 Å². The summed E-state index contributed by atoms with van der Waals surface area (Å²) in [7, 11) is -3.92. The van der Waals surface area contributed by atoms with Gasteiger partial charge in [-0.1, -0.05) is 36.5 Å². The minimum absolute atomic E-state index is 0.0365. The van der Waals surface area contributed by atoms with E-state index in [0.717, 1.165) is 12.8 Å². The molecule has 0 unspecified atom stereocenters. The summed E-state index contributed by atoms with van der Waals surface area (Å²) in [4.78, 5) is 11.5. The summed E-state index contributed by atoms with van der Waals surface area (Å²) in [6.45, 7) is 3.47. The van der Waals surface area contributed by atoms with Gasteiger partial charge in [-0.3, -0.25) is 4.79 Å². The van der Waals surface area contributed by atoms with E-state index < -0.39 is 10.0 Å². The van der Waals surface area contributed by atoms with Crippen LogP contribution in [0.3, 0.4) is 0 Å². The highest BCUT2D eigenvalue weighted by Gasteiger charge is 2.20. The lowest BCUT2D eigenvalue weighted by atomic mass is 10.2. The number of nitrogens with two attached hydrogens (primary N) is 1. The van der Waals surface area contributed by atoms with Crippen molar-refractivity contribution in [3.63, 3.8) is 0 Å². The molecule has 0 bridgehead atoms. The van der Waals surface area contributed by atoms with E-state index in [1.54, 1.807) is 0 Å². The van der Waals surface area contributed by atoms with Crippen LogP contribution in [0, 0.1) is 6.92 Å². The summed E-state index contributed by atoms with van der Waals surface area (Å²) in [5.41, 5.74) is 0.462. The van der Waals surface area contributed by atoms with Crippen molar-refractivity contribution in [1.29, 1.82) is 0 Å². The van der Waals surface area contributed by atoms with Gasteiger partial charge in [0.25, 0.3) is 0 Å². The lowest BCUT2D eigenvalue weighted by Gasteiger charge is -2.14. The molecule has 0 aliphatic carbocycles. The summed E-state index contributed by atoms with van der Waals surface area (Å²) in [6, 6.07) is 1.19. The lowest BCUT2D eigenvalue weighted by molar-refractivity contribution is -0.116. The topological polar surface area (TPSA) is 89.3 Å². The standard InChI is InChI=1S/C12H16Cl2N2O3S/c1-3-4-5-10(17)16-12-8(13)6-9(20(15,18)19)7(2)11(12)14/h6H,3-5H2,1-2H3,(H,16,17)(H2,15,18,19). The van der Waals surface area contributed by atoms with Crippen LogP contribution in [0.2, 0.25) is 10.0 Å². The van der Waals surface area contributed by atoms with Crippen molar-refractivity contribution < 1.29 is 13.2 Å². The number of sulfonamides is 1. The molecule has 20 heavy (non-hydrogen) atoms. The van der Waals surface area contributed by atoms with Gasteiger partial charge in [0.15, 0.2) is 0 Å². The summed E-state index contributed by atoms with van der Waals surface area (Å²) in [5, 5.41) is 7.79. The molecule has 0 aliphatic heterocycles. The average Bonchev–Trinajstić information content (AvgIpc) is 2.35. The number of nitrogens with one attached hydrogen (secondary N) is 1. The largest absolute Gasteiger partial charge is 0.324 e. The fraction of sp³-hybridized carbons (Fsp3) is 0.417. The smallest absolute Gasteiger partial charge is 0.238 e. The number of hydrogen-bond acceptors (Lipinski definition) is 3. The third kappa shape index (κ3) is 4.09. The maximum absolute atomic E-state index is 11.7. The van der Waals surface area contributed by atoms with E-state index in [4.69, 9.17) is 28.3 Å². The molecule has 0 heterocycles. The summed E-state index contributed by atoms with van der Waals surface area (Å²) < 4.78 is 22.8. The third-order valence-electron chi connectivity index (χ3n) is 2.74. The van der Waals surface area contributed by atoms with Crippen molar-refractivity contribution in [2.75, 3.05) is 5.32 Å². The van der Waals surface area contributed by atoms with Crippen LogP contribution in [0.1, 0.15) is 31.7 Å². The van der Waals surface area contributed by atoms with E-state index >= 15 is 0 Å². The monoisotopic (exact) mass is 338 g/mol. The molecule has 0 saturated carbocycles. The molecule has 0 aromatic heterocycles. The van der Waals surface area contributed by atoms with Crippen molar-refractivity contribution in [1.82, 2.24) is 0 Å². The summed E-state index contributed by atoms with van der Waals surface area (Å²) in [6.07, 6.45) is 1.98. The number of halogens is 2. The number of amides is 1. The Labute approximate surface area is 128 Å². The highest BCUT2D eigenvalue weighted by molar-refractivity contribution is 7.89. The minimum atomic E-state index is -3.92. The fourth-order valence-electron chi connectivity index (χ4n) is 1.65. The normalized spacial score (nSPS) is 11.4. The summed E-state index contributed by atoms with van der Waals surface area (Å²) in [5.74, 6) is -0.224. The molecule has 0 aliphatic rings. The second-order valence-electron chi connectivity index (χ2n) is 4.37. The van der Waals surface area contributed by atoms with Crippen LogP contribution in [-0.4, -0.2) is 14.3 Å². The predicted molar refractivity (Wildman–Crippen MR) is 80.7 cm³/mol. The van der Waals surface area contributed by atoms with E-state index in [0.29, 0.717) is 6.42 Å². The first kappa shape index (κ1) is 17.2. The molecule has 0 radical (unpaired) electrons. The number of primary sulfonamides is 1. The van der Waals surface area contributed by atoms with Crippen LogP contribution in [0.4, 0.5) is 5.69 Å². The zero-order valence-corrected chi connectivity index (χ0v) is 13.5. The summed E-state index contributed by atoms with van der Waals surface area (Å²) >= 11 is 12.0. The maximum atomic E-state index is 11.7. The van der Waals surface area contributed by atoms with Crippen LogP contribution < -0.4 is 10.5 Å². The molecule has 5 nitrogen and oxygen atoms in total. The molecule has 0 atom stereocenters. The van der Waals surface area contributed by atoms with Gasteiger partial charge in [0.2, 0.25) is 15.9 Å². The molecule has 1 aromatic carbocycles. The molecule has 1 amide bonds. The number of benzene rings is 1. The number of hydrogen-bond donors (Lipinski definition) is 2. The zero-order valence-electron chi connectivity index (χ0n) is 11.2. The van der Waals surface area contributed by atoms with Gasteiger partial charge in [0.1, 0.15) is 0 Å². The molecule has 0 fully saturated rings. The Hall–Kier alpha value is -0.820. The first-order chi connectivity index (χ1) is 9.18. The number of carbonyl (C=O) groups excluding carboxylic acids is 1. The lowest BCUT2D eigenvalue weighted by Crippen LogP contribution is -2.16. The Morgan fingerprint density at radius 3 is 2.50 bits per heavy atom. The van der Waals surface area contributed by atoms with Gasteiger partial charge in [0, 0.05) is 6.42 Å². The van der Waals surface area contributed by atoms with E-state index in [1.807, 2.05) is 6.92 Å². The number of rotatable bonds is 5. The molecule has 112 valence electrons. The zero-order chi connectivity index (χ0) is 15.5. The molecular formula is C12H16Cl2N2O3S. The van der Waals surface area contributed by atoms with Crippen LogP contribution in [-0.2, 0) is 14.8 Å². The van der Waals surface area contributed by atoms with Gasteiger partial charge < -0.3 is 5.32 Å². The SMILES string of the molecule is CCCCC(=O)Nc1c(Cl)cc(S(N)(=O)=O)c(C)c1Cl. The quantitative estimate of drug-likeness (QED) is 0.864. The van der Waals surface area contributed by atoms with Gasteiger partial charge in [0.05, 0.1) is 20.6 Å². The van der Waals surface area contributed by atoms with Crippen molar-refractivity contribution in [3.8, 4) is 0 Å². The fourth-order valence-corrected chi connectivity index (χ4v) is 3.13. The Morgan fingerprint density at radius 2 is 2.00 bits per heavy atom. The molecule has 1 rings (SSSR count). The van der Waals surface area contributed by atoms with Crippen LogP contribution in [0.25, 0.3) is 0 Å². The highest BCUT2D eigenvalue weighted by Crippen LogP contribution is 2.36. The van der Waals surface area contributed by atoms with Crippen molar-refractivity contribution >= 4 is 44.8 Å². The van der Waals surface area contributed by atoms with Crippen LogP contribution in [0.15, 0.2) is 11.0 Å². The highest BCUT2D eigenvalue weighted by atomic mass is 35.5. The number of unbranched alkanes of at least 4 members (excludes halogenated alkanes) is 1. The van der Waals surface area contributed by atoms with Gasteiger partial charge in [-0.15, -0.1) is 0 Å². The average molecular weight is 339 g/mol. The van der Waals surface area contributed by atoms with E-state index in [-0.39, 0.29) is 32.1 Å². The van der Waals surface area contributed by atoms with Crippen molar-refractivity contribution in [2.24, 2.45) is 5.14 Å². The van der Waals surface area contributed by atoms with Gasteiger partial charge in [-0.05, 0) is 25.0 Å². The van der Waals surface area contributed by atoms with Gasteiger partial charge in [-0.2, -0.15) is 0 Å². The molecule has 8 heteroatoms. The van der Waals surface area contributed by atoms with E-state index in [9.17, 15) is 13.2 Å². The molecule has 1 aromatic rings. The molecule has 3 N–H and O–H groups in total. The first-order valence-corrected chi connectivity index (χ1v) is 8.30. The van der Waals surface area contributed by atoms with E-state index in [2.05, 4.69) is 5.32 Å². The maximum Gasteiger partial charge on any atom is 0.238 e. The Balaban J connectivity index is 3.18. The second-order valence-corrected chi connectivity index (χ2v) is 6.68. The molecule has 0 saturated heterocycles.